The third-order valence-corrected chi connectivity index (χ3v) is 5.48. The number of carbonyl (C=O) groups excluding carboxylic acids is 2. The number of aryl methyl sites for hydroxylation is 1. The van der Waals surface area contributed by atoms with Crippen LogP contribution in [0.1, 0.15) is 10.4 Å². The van der Waals surface area contributed by atoms with E-state index in [0.717, 1.165) is 24.3 Å². The number of rotatable bonds is 4. The van der Waals surface area contributed by atoms with Crippen LogP contribution in [0, 0.1) is 0 Å². The van der Waals surface area contributed by atoms with Crippen LogP contribution in [0.2, 0.25) is 0 Å². The van der Waals surface area contributed by atoms with Gasteiger partial charge in [0.1, 0.15) is 11.2 Å². The van der Waals surface area contributed by atoms with Crippen molar-refractivity contribution < 1.29 is 14.3 Å². The van der Waals surface area contributed by atoms with Crippen LogP contribution in [0.15, 0.2) is 61.1 Å². The molecular formula is C23H23N7O3. The first kappa shape index (κ1) is 20.7. The maximum Gasteiger partial charge on any atom is 0.418 e. The molecule has 1 aliphatic rings. The van der Waals surface area contributed by atoms with Crippen molar-refractivity contribution in [1.82, 2.24) is 29.4 Å². The number of piperazine rings is 1. The van der Waals surface area contributed by atoms with Crippen LogP contribution >= 0.6 is 0 Å². The lowest BCUT2D eigenvalue weighted by Crippen LogP contribution is -2.46. The number of pyridine rings is 1. The smallest absolute Gasteiger partial charge is 0.390 e. The minimum Gasteiger partial charge on any atom is -0.390 e. The lowest BCUT2D eigenvalue weighted by atomic mass is 10.2. The number of imidazole rings is 1. The lowest BCUT2D eigenvalue weighted by Gasteiger charge is -2.27. The molecule has 0 aliphatic carbocycles. The van der Waals surface area contributed by atoms with Crippen LogP contribution in [0.3, 0.4) is 0 Å². The summed E-state index contributed by atoms with van der Waals surface area (Å²) >= 11 is 0. The molecule has 1 aromatic carbocycles. The molecule has 0 spiro atoms. The first-order chi connectivity index (χ1) is 16.1. The Balaban J connectivity index is 1.31. The van der Waals surface area contributed by atoms with Gasteiger partial charge in [0.05, 0.1) is 11.9 Å². The fraction of sp³-hybridized carbons (Fsp3) is 0.217. The molecule has 1 saturated heterocycles. The molecule has 10 heteroatoms. The number of aromatic nitrogens is 4. The minimum absolute atomic E-state index is 0.101. The Bertz CT molecular complexity index is 1310. The Morgan fingerprint density at radius 1 is 1.12 bits per heavy atom. The molecule has 0 atom stereocenters. The van der Waals surface area contributed by atoms with E-state index in [1.165, 1.54) is 10.9 Å². The molecular weight excluding hydrogens is 422 g/mol. The molecule has 5 rings (SSSR count). The highest BCUT2D eigenvalue weighted by Crippen LogP contribution is 2.22. The molecule has 4 heterocycles. The molecule has 4 aromatic rings. The Kier molecular flexibility index (Phi) is 5.49. The minimum atomic E-state index is -0.716. The third-order valence-electron chi connectivity index (χ3n) is 5.48. The van der Waals surface area contributed by atoms with Crippen molar-refractivity contribution in [3.05, 3.63) is 66.6 Å². The van der Waals surface area contributed by atoms with Crippen LogP contribution in [-0.2, 0) is 7.05 Å². The molecule has 2 N–H and O–H groups in total. The molecule has 3 aromatic heterocycles. The fourth-order valence-electron chi connectivity index (χ4n) is 3.77. The molecule has 10 nitrogen and oxygen atoms in total. The van der Waals surface area contributed by atoms with E-state index >= 15 is 0 Å². The van der Waals surface area contributed by atoms with E-state index in [1.54, 1.807) is 24.1 Å². The van der Waals surface area contributed by atoms with Crippen LogP contribution < -0.4 is 15.4 Å². The van der Waals surface area contributed by atoms with E-state index in [4.69, 9.17) is 4.74 Å². The van der Waals surface area contributed by atoms with Crippen molar-refractivity contribution in [3.8, 4) is 17.1 Å². The van der Waals surface area contributed by atoms with Gasteiger partial charge in [-0.2, -0.15) is 5.10 Å². The molecule has 0 saturated carbocycles. The van der Waals surface area contributed by atoms with Crippen molar-refractivity contribution >= 4 is 23.3 Å². The summed E-state index contributed by atoms with van der Waals surface area (Å²) in [5, 5.41) is 10.0. The SMILES string of the molecule is Cn1ncc(C(=O)N2CCNCC2)c1OC(=O)Nc1ccn2cc(-c3ccccc3)nc2c1. The normalized spacial score (nSPS) is 13.8. The third kappa shape index (κ3) is 4.28. The number of nitrogens with zero attached hydrogens (tertiary/aromatic N) is 5. The van der Waals surface area contributed by atoms with Gasteiger partial charge in [-0.3, -0.25) is 10.1 Å². The number of carbonyl (C=O) groups is 2. The average Bonchev–Trinajstić information content (AvgIpc) is 3.43. The van der Waals surface area contributed by atoms with Gasteiger partial charge in [0.15, 0.2) is 0 Å². The standard InChI is InChI=1S/C23H23N7O3/c1-28-22(18(14-25-28)21(31)29-11-8-24-9-12-29)33-23(32)26-17-7-10-30-15-19(27-20(30)13-17)16-5-3-2-4-6-16/h2-7,10,13-15,24H,8-9,11-12H2,1H3,(H,26,32). The number of ether oxygens (including phenoxy) is 1. The monoisotopic (exact) mass is 445 g/mol. The number of fused-ring (bicyclic) bond motifs is 1. The fourth-order valence-corrected chi connectivity index (χ4v) is 3.77. The second-order valence-corrected chi connectivity index (χ2v) is 7.72. The number of nitrogens with one attached hydrogen (secondary N) is 2. The summed E-state index contributed by atoms with van der Waals surface area (Å²) < 4.78 is 8.73. The maximum atomic E-state index is 12.9. The van der Waals surface area contributed by atoms with Gasteiger partial charge in [0.25, 0.3) is 5.91 Å². The summed E-state index contributed by atoms with van der Waals surface area (Å²) in [6, 6.07) is 13.4. The molecule has 2 amide bonds. The highest BCUT2D eigenvalue weighted by Gasteiger charge is 2.25. The summed E-state index contributed by atoms with van der Waals surface area (Å²) in [6.07, 6.45) is 4.45. The highest BCUT2D eigenvalue weighted by atomic mass is 16.6. The van der Waals surface area contributed by atoms with Gasteiger partial charge in [0.2, 0.25) is 5.88 Å². The van der Waals surface area contributed by atoms with Crippen LogP contribution in [0.4, 0.5) is 10.5 Å². The number of hydrogen-bond acceptors (Lipinski definition) is 6. The molecule has 168 valence electrons. The zero-order valence-electron chi connectivity index (χ0n) is 18.1. The van der Waals surface area contributed by atoms with Gasteiger partial charge >= 0.3 is 6.09 Å². The summed E-state index contributed by atoms with van der Waals surface area (Å²) in [6.45, 7) is 2.64. The Morgan fingerprint density at radius 3 is 2.70 bits per heavy atom. The lowest BCUT2D eigenvalue weighted by molar-refractivity contribution is 0.0733. The first-order valence-corrected chi connectivity index (χ1v) is 10.6. The molecule has 0 unspecified atom stereocenters. The quantitative estimate of drug-likeness (QED) is 0.500. The summed E-state index contributed by atoms with van der Waals surface area (Å²) in [7, 11) is 1.62. The molecule has 33 heavy (non-hydrogen) atoms. The first-order valence-electron chi connectivity index (χ1n) is 10.6. The second-order valence-electron chi connectivity index (χ2n) is 7.72. The number of benzene rings is 1. The molecule has 1 fully saturated rings. The summed E-state index contributed by atoms with van der Waals surface area (Å²) in [5.41, 5.74) is 3.30. The van der Waals surface area contributed by atoms with E-state index in [2.05, 4.69) is 20.7 Å². The molecule has 1 aliphatic heterocycles. The molecule has 0 radical (unpaired) electrons. The van der Waals surface area contributed by atoms with Crippen LogP contribution in [0.5, 0.6) is 5.88 Å². The average molecular weight is 445 g/mol. The summed E-state index contributed by atoms with van der Waals surface area (Å²) in [4.78, 5) is 31.8. The van der Waals surface area contributed by atoms with E-state index in [-0.39, 0.29) is 17.4 Å². The Morgan fingerprint density at radius 2 is 1.91 bits per heavy atom. The van der Waals surface area contributed by atoms with Crippen molar-refractivity contribution in [2.75, 3.05) is 31.5 Å². The van der Waals surface area contributed by atoms with E-state index in [9.17, 15) is 9.59 Å². The van der Waals surface area contributed by atoms with Crippen LogP contribution in [0.25, 0.3) is 16.9 Å². The predicted octanol–water partition coefficient (Wildman–Crippen LogP) is 2.39. The largest absolute Gasteiger partial charge is 0.418 e. The second kappa shape index (κ2) is 8.75. The highest BCUT2D eigenvalue weighted by molar-refractivity contribution is 5.97. The summed E-state index contributed by atoms with van der Waals surface area (Å²) in [5.74, 6) is -0.107. The van der Waals surface area contributed by atoms with Crippen LogP contribution in [-0.4, -0.2) is 62.2 Å². The zero-order valence-corrected chi connectivity index (χ0v) is 18.1. The maximum absolute atomic E-state index is 12.9. The van der Waals surface area contributed by atoms with E-state index < -0.39 is 6.09 Å². The van der Waals surface area contributed by atoms with Crippen molar-refractivity contribution in [2.24, 2.45) is 7.05 Å². The Hall–Kier alpha value is -4.18. The van der Waals surface area contributed by atoms with Crippen molar-refractivity contribution in [1.29, 1.82) is 0 Å². The number of amides is 2. The van der Waals surface area contributed by atoms with E-state index in [1.807, 2.05) is 47.1 Å². The number of hydrogen-bond donors (Lipinski definition) is 2. The molecule has 0 bridgehead atoms. The topological polar surface area (TPSA) is 106 Å². The number of anilines is 1. The van der Waals surface area contributed by atoms with Gasteiger partial charge in [-0.15, -0.1) is 0 Å². The van der Waals surface area contributed by atoms with Gasteiger partial charge < -0.3 is 19.4 Å². The Labute approximate surface area is 189 Å². The van der Waals surface area contributed by atoms with E-state index in [0.29, 0.717) is 24.4 Å². The zero-order chi connectivity index (χ0) is 22.8. The predicted molar refractivity (Wildman–Crippen MR) is 122 cm³/mol. The van der Waals surface area contributed by atoms with Gasteiger partial charge in [-0.1, -0.05) is 30.3 Å². The van der Waals surface area contributed by atoms with Crippen molar-refractivity contribution in [3.63, 3.8) is 0 Å². The van der Waals surface area contributed by atoms with Gasteiger partial charge in [-0.25, -0.2) is 14.5 Å². The van der Waals surface area contributed by atoms with Gasteiger partial charge in [0, 0.05) is 62.9 Å². The van der Waals surface area contributed by atoms with Gasteiger partial charge in [-0.05, 0) is 6.07 Å². The van der Waals surface area contributed by atoms with Crippen molar-refractivity contribution in [2.45, 2.75) is 0 Å².